The molecule has 10 heavy (non-hydrogen) atoms. The van der Waals surface area contributed by atoms with Crippen molar-refractivity contribution in [2.75, 3.05) is 0 Å². The fourth-order valence-corrected chi connectivity index (χ4v) is 2.98. The molecule has 0 aromatic carbocycles. The Balaban J connectivity index is 3.21. The summed E-state index contributed by atoms with van der Waals surface area (Å²) < 4.78 is 5.27. The number of halogens is 1. The lowest BCUT2D eigenvalue weighted by Gasteiger charge is -2.10. The van der Waals surface area contributed by atoms with Crippen molar-refractivity contribution in [2.45, 2.75) is 38.8 Å². The van der Waals surface area contributed by atoms with Crippen LogP contribution in [0.4, 0.5) is 0 Å². The minimum Gasteiger partial charge on any atom is -0.286 e. The normalized spacial score (nSPS) is 14.7. The van der Waals surface area contributed by atoms with E-state index >= 15 is 0 Å². The van der Waals surface area contributed by atoms with E-state index in [1.54, 1.807) is 0 Å². The van der Waals surface area contributed by atoms with Gasteiger partial charge in [-0.3, -0.25) is 3.97 Å². The van der Waals surface area contributed by atoms with E-state index in [2.05, 4.69) is 35.1 Å². The van der Waals surface area contributed by atoms with Gasteiger partial charge in [0.15, 0.2) is 0 Å². The molecule has 0 heterocycles. The molecule has 0 aromatic heterocycles. The Labute approximate surface area is 81.7 Å². The molecule has 62 valence electrons. The Hall–Kier alpha value is 1.47. The van der Waals surface area contributed by atoms with Gasteiger partial charge in [0.2, 0.25) is 0 Å². The molecule has 0 aliphatic heterocycles. The molecule has 1 nitrogen and oxygen atoms in total. The average molecular weight is 292 g/mol. The van der Waals surface area contributed by atoms with Crippen molar-refractivity contribution in [1.29, 1.82) is 0 Å². The van der Waals surface area contributed by atoms with Gasteiger partial charge in [-0.15, -0.1) is 0 Å². The number of hydrogen-bond donors (Lipinski definition) is 0. The second-order valence-electron chi connectivity index (χ2n) is 2.16. The molecule has 0 fully saturated rings. The summed E-state index contributed by atoms with van der Waals surface area (Å²) in [6, 6.07) is 0. The molecule has 0 amide bonds. The van der Waals surface area contributed by atoms with E-state index in [-0.39, 0.29) is 0 Å². The Kier molecular flexibility index (Phi) is 9.82. The first-order valence-corrected chi connectivity index (χ1v) is 7.81. The molecule has 0 aromatic rings. The maximum Gasteiger partial charge on any atom is 0.0685 e. The molecular weight excluding hydrogens is 278 g/mol. The number of rotatable bonds is 6. The van der Waals surface area contributed by atoms with Crippen LogP contribution in [0.2, 0.25) is 0 Å². The number of hydrogen-bond acceptors (Lipinski definition) is 2. The monoisotopic (exact) mass is 292 g/mol. The van der Waals surface area contributed by atoms with Gasteiger partial charge >= 0.3 is 0 Å². The summed E-state index contributed by atoms with van der Waals surface area (Å²) in [4.78, 5) is 0. The minimum absolute atomic E-state index is 0.686. The first-order valence-electron chi connectivity index (χ1n) is 3.54. The first kappa shape index (κ1) is 11.5. The molecule has 0 bridgehead atoms. The van der Waals surface area contributed by atoms with E-state index in [0.717, 1.165) is 5.66 Å². The van der Waals surface area contributed by atoms with Gasteiger partial charge in [-0.1, -0.05) is 20.3 Å². The van der Waals surface area contributed by atoms with Crippen molar-refractivity contribution in [3.63, 3.8) is 0 Å². The zero-order chi connectivity index (χ0) is 7.82. The van der Waals surface area contributed by atoms with Crippen LogP contribution in [0.3, 0.4) is 0 Å². The van der Waals surface area contributed by atoms with Gasteiger partial charge in [-0.2, -0.15) is 0 Å². The van der Waals surface area contributed by atoms with E-state index in [1.165, 1.54) is 28.5 Å². The highest BCUT2D eigenvalue weighted by Crippen LogP contribution is 2.34. The molecule has 0 radical (unpaired) electrons. The lowest BCUT2D eigenvalue weighted by molar-refractivity contribution is 0.660. The first-order chi connectivity index (χ1) is 4.85. The Morgan fingerprint density at radius 3 is 2.70 bits per heavy atom. The van der Waals surface area contributed by atoms with E-state index < -0.39 is 0 Å². The maximum atomic E-state index is 5.27. The van der Waals surface area contributed by atoms with E-state index in [0.29, 0.717) is 8.81 Å². The van der Waals surface area contributed by atoms with Crippen molar-refractivity contribution >= 4 is 39.2 Å². The van der Waals surface area contributed by atoms with Crippen LogP contribution in [0, 0.1) is 0 Å². The van der Waals surface area contributed by atoms with Crippen molar-refractivity contribution in [1.82, 2.24) is 0 Å². The smallest absolute Gasteiger partial charge is 0.0685 e. The van der Waals surface area contributed by atoms with Crippen LogP contribution in [0.1, 0.15) is 33.1 Å². The molecule has 0 N–H and O–H groups in total. The molecule has 0 saturated heterocycles. The summed E-state index contributed by atoms with van der Waals surface area (Å²) in [5.74, 6) is 0. The van der Waals surface area contributed by atoms with Crippen LogP contribution >= 0.6 is 39.2 Å². The summed E-state index contributed by atoms with van der Waals surface area (Å²) in [5, 5.41) is 0. The van der Waals surface area contributed by atoms with Gasteiger partial charge < -0.3 is 0 Å². The molecule has 2 atom stereocenters. The van der Waals surface area contributed by atoms with Crippen LogP contribution in [0.25, 0.3) is 0 Å². The average Bonchev–Trinajstić information content (AvgIpc) is 1.98. The third kappa shape index (κ3) is 6.20. The van der Waals surface area contributed by atoms with Crippen LogP contribution in [0.15, 0.2) is 0 Å². The summed E-state index contributed by atoms with van der Waals surface area (Å²) in [7, 11) is 2.14. The summed E-state index contributed by atoms with van der Waals surface area (Å²) in [6.07, 6.45) is 3.84. The quantitative estimate of drug-likeness (QED) is 0.413. The Bertz CT molecular complexity index is 74.8. The Morgan fingerprint density at radius 1 is 1.60 bits per heavy atom. The molecule has 0 rings (SSSR count). The molecule has 1 unspecified atom stereocenters. The minimum atomic E-state index is 0.686. The highest BCUT2D eigenvalue weighted by atomic mass is 127. The SMILES string of the molecule is CCC[C@H](CC)POSI. The van der Waals surface area contributed by atoms with Gasteiger partial charge in [0.05, 0.1) is 9.21 Å². The molecule has 0 saturated carbocycles. The fourth-order valence-electron chi connectivity index (χ4n) is 0.781. The summed E-state index contributed by atoms with van der Waals surface area (Å²) in [6.45, 7) is 4.46. The van der Waals surface area contributed by atoms with Gasteiger partial charge in [0.25, 0.3) is 0 Å². The lowest BCUT2D eigenvalue weighted by Crippen LogP contribution is -1.96. The standard InChI is InChI=1S/C6H14IOPS/c1-3-5-6(4-2)9-8-10-7/h6,9H,3-5H2,1-2H3/t6-/m0/s1. The second kappa shape index (κ2) is 8.57. The molecular formula is C6H14IOPS. The second-order valence-corrected chi connectivity index (χ2v) is 5.08. The predicted octanol–water partition coefficient (Wildman–Crippen LogP) is 4.17. The van der Waals surface area contributed by atoms with E-state index in [1.807, 2.05) is 0 Å². The van der Waals surface area contributed by atoms with Crippen LogP contribution in [0.5, 0.6) is 0 Å². The summed E-state index contributed by atoms with van der Waals surface area (Å²) in [5.41, 5.74) is 0.798. The molecule has 0 spiro atoms. The molecule has 0 aliphatic rings. The van der Waals surface area contributed by atoms with Crippen molar-refractivity contribution in [3.8, 4) is 0 Å². The third-order valence-corrected chi connectivity index (χ3v) is 4.66. The van der Waals surface area contributed by atoms with Gasteiger partial charge in [-0.25, -0.2) is 0 Å². The predicted molar refractivity (Wildman–Crippen MR) is 60.0 cm³/mol. The zero-order valence-corrected chi connectivity index (χ0v) is 10.4. The van der Waals surface area contributed by atoms with Gasteiger partial charge in [0, 0.05) is 35.7 Å². The van der Waals surface area contributed by atoms with Crippen molar-refractivity contribution in [3.05, 3.63) is 0 Å². The van der Waals surface area contributed by atoms with Crippen molar-refractivity contribution < 1.29 is 3.97 Å². The van der Waals surface area contributed by atoms with Gasteiger partial charge in [0.1, 0.15) is 0 Å². The van der Waals surface area contributed by atoms with Gasteiger partial charge in [-0.05, 0) is 12.8 Å². The fraction of sp³-hybridized carbons (Fsp3) is 1.00. The van der Waals surface area contributed by atoms with Crippen molar-refractivity contribution in [2.24, 2.45) is 0 Å². The summed E-state index contributed by atoms with van der Waals surface area (Å²) >= 11 is 2.17. The van der Waals surface area contributed by atoms with E-state index in [4.69, 9.17) is 3.97 Å². The van der Waals surface area contributed by atoms with Crippen LogP contribution < -0.4 is 0 Å². The largest absolute Gasteiger partial charge is 0.286 e. The maximum absolute atomic E-state index is 5.27. The molecule has 4 heteroatoms. The van der Waals surface area contributed by atoms with E-state index in [9.17, 15) is 0 Å². The Morgan fingerprint density at radius 2 is 2.30 bits per heavy atom. The van der Waals surface area contributed by atoms with Crippen LogP contribution in [-0.2, 0) is 3.97 Å². The van der Waals surface area contributed by atoms with Crippen LogP contribution in [-0.4, -0.2) is 5.66 Å². The zero-order valence-electron chi connectivity index (χ0n) is 6.39. The topological polar surface area (TPSA) is 9.23 Å². The highest BCUT2D eigenvalue weighted by Gasteiger charge is 2.04. The lowest BCUT2D eigenvalue weighted by atomic mass is 10.2. The highest BCUT2D eigenvalue weighted by molar-refractivity contribution is 14.2. The molecule has 0 aliphatic carbocycles. The third-order valence-electron chi connectivity index (χ3n) is 1.38.